The van der Waals surface area contributed by atoms with Crippen LogP contribution in [0.25, 0.3) is 0 Å². The number of H-pyrrole nitrogens is 1. The van der Waals surface area contributed by atoms with Gasteiger partial charge in [0.05, 0.1) is 18.9 Å². The Morgan fingerprint density at radius 2 is 2.21 bits per heavy atom. The molecule has 0 radical (unpaired) electrons. The van der Waals surface area contributed by atoms with E-state index in [4.69, 9.17) is 5.11 Å². The summed E-state index contributed by atoms with van der Waals surface area (Å²) < 4.78 is 54.1. The van der Waals surface area contributed by atoms with Gasteiger partial charge in [0, 0.05) is 6.54 Å². The molecule has 110 valence electrons. The van der Waals surface area contributed by atoms with E-state index in [1.807, 2.05) is 0 Å². The van der Waals surface area contributed by atoms with E-state index in [0.717, 1.165) is 0 Å². The van der Waals surface area contributed by atoms with E-state index in [-0.39, 0.29) is 29.4 Å². The van der Waals surface area contributed by atoms with Crippen molar-refractivity contribution in [2.24, 2.45) is 0 Å². The quantitative estimate of drug-likeness (QED) is 0.575. The van der Waals surface area contributed by atoms with Crippen LogP contribution in [0.2, 0.25) is 0 Å². The number of nitrogens with zero attached hydrogens (tertiary/aromatic N) is 1. The molecule has 0 saturated carbocycles. The number of halogens is 2. The third-order valence-corrected chi connectivity index (χ3v) is 3.83. The number of alkyl halides is 2. The molecule has 0 spiro atoms. The summed E-state index contributed by atoms with van der Waals surface area (Å²) in [6.07, 6.45) is -2.59. The lowest BCUT2D eigenvalue weighted by molar-refractivity contribution is 0.0199. The number of aromatic nitrogens is 2. The molecule has 0 aromatic carbocycles. The largest absolute Gasteiger partial charge is 0.390 e. The molecule has 7 nitrogen and oxygen atoms in total. The number of nitrogens with one attached hydrogen (secondary N) is 2. The summed E-state index contributed by atoms with van der Waals surface area (Å²) in [6.45, 7) is -0.0929. The van der Waals surface area contributed by atoms with E-state index in [1.165, 1.54) is 6.92 Å². The Labute approximate surface area is 109 Å². The highest BCUT2D eigenvalue weighted by Crippen LogP contribution is 2.16. The maximum Gasteiger partial charge on any atom is 0.261 e. The van der Waals surface area contributed by atoms with Crippen molar-refractivity contribution < 1.29 is 27.0 Å². The SMILES string of the molecule is Cc1[nH]nc(CO)c1S(=O)(=O)NCCOCC(F)F. The first-order chi connectivity index (χ1) is 8.88. The summed E-state index contributed by atoms with van der Waals surface area (Å²) in [5.74, 6) is 0. The Balaban J connectivity index is 2.59. The summed E-state index contributed by atoms with van der Waals surface area (Å²) in [5, 5.41) is 15.1. The number of hydrogen-bond acceptors (Lipinski definition) is 5. The number of hydrogen-bond donors (Lipinski definition) is 3. The molecule has 19 heavy (non-hydrogen) atoms. The topological polar surface area (TPSA) is 104 Å². The van der Waals surface area contributed by atoms with Crippen LogP contribution in [-0.4, -0.2) is 49.9 Å². The van der Waals surface area contributed by atoms with Crippen LogP contribution in [0.1, 0.15) is 11.4 Å². The zero-order valence-corrected chi connectivity index (χ0v) is 11.0. The lowest BCUT2D eigenvalue weighted by Gasteiger charge is -2.07. The van der Waals surface area contributed by atoms with Gasteiger partial charge in [0.25, 0.3) is 6.43 Å². The van der Waals surface area contributed by atoms with Crippen LogP contribution in [0.5, 0.6) is 0 Å². The zero-order valence-electron chi connectivity index (χ0n) is 10.2. The first kappa shape index (κ1) is 16.0. The minimum Gasteiger partial charge on any atom is -0.390 e. The molecule has 1 aromatic rings. The predicted molar refractivity (Wildman–Crippen MR) is 61.3 cm³/mol. The Morgan fingerprint density at radius 3 is 2.79 bits per heavy atom. The second-order valence-corrected chi connectivity index (χ2v) is 5.35. The van der Waals surface area contributed by atoms with Gasteiger partial charge in [-0.15, -0.1) is 0 Å². The highest BCUT2D eigenvalue weighted by molar-refractivity contribution is 7.89. The first-order valence-corrected chi connectivity index (χ1v) is 6.87. The molecule has 0 amide bonds. The first-order valence-electron chi connectivity index (χ1n) is 5.38. The average Bonchev–Trinajstić information content (AvgIpc) is 2.70. The fourth-order valence-corrected chi connectivity index (χ4v) is 2.79. The molecule has 1 rings (SSSR count). The predicted octanol–water partition coefficient (Wildman–Crippen LogP) is -0.230. The fraction of sp³-hybridized carbons (Fsp3) is 0.667. The summed E-state index contributed by atoms with van der Waals surface area (Å²) in [5.41, 5.74) is 0.281. The summed E-state index contributed by atoms with van der Waals surface area (Å²) in [6, 6.07) is 0. The molecule has 3 N–H and O–H groups in total. The molecular formula is C9H15F2N3O4S. The zero-order chi connectivity index (χ0) is 14.5. The lowest BCUT2D eigenvalue weighted by Crippen LogP contribution is -2.29. The van der Waals surface area contributed by atoms with Crippen molar-refractivity contribution in [3.05, 3.63) is 11.4 Å². The normalized spacial score (nSPS) is 12.3. The average molecular weight is 299 g/mol. The molecule has 1 heterocycles. The van der Waals surface area contributed by atoms with E-state index >= 15 is 0 Å². The highest BCUT2D eigenvalue weighted by Gasteiger charge is 2.23. The Kier molecular flexibility index (Phi) is 5.79. The number of ether oxygens (including phenoxy) is 1. The van der Waals surface area contributed by atoms with Crippen molar-refractivity contribution in [2.45, 2.75) is 24.9 Å². The van der Waals surface area contributed by atoms with E-state index in [9.17, 15) is 17.2 Å². The van der Waals surface area contributed by atoms with Crippen LogP contribution < -0.4 is 4.72 Å². The molecular weight excluding hydrogens is 284 g/mol. The molecule has 0 aliphatic rings. The molecule has 0 saturated heterocycles. The minimum absolute atomic E-state index is 0.00139. The van der Waals surface area contributed by atoms with Crippen molar-refractivity contribution in [1.29, 1.82) is 0 Å². The second kappa shape index (κ2) is 6.89. The molecule has 1 aromatic heterocycles. The molecule has 0 unspecified atom stereocenters. The van der Waals surface area contributed by atoms with E-state index < -0.39 is 29.7 Å². The van der Waals surface area contributed by atoms with Gasteiger partial charge in [-0.3, -0.25) is 5.10 Å². The molecule has 0 bridgehead atoms. The minimum atomic E-state index is -3.86. The number of sulfonamides is 1. The van der Waals surface area contributed by atoms with Crippen molar-refractivity contribution in [1.82, 2.24) is 14.9 Å². The van der Waals surface area contributed by atoms with E-state index in [1.54, 1.807) is 0 Å². The lowest BCUT2D eigenvalue weighted by atomic mass is 10.4. The van der Waals surface area contributed by atoms with Gasteiger partial charge < -0.3 is 9.84 Å². The van der Waals surface area contributed by atoms with Crippen molar-refractivity contribution in [3.63, 3.8) is 0 Å². The number of aromatic amines is 1. The van der Waals surface area contributed by atoms with Crippen LogP contribution in [0.15, 0.2) is 4.90 Å². The van der Waals surface area contributed by atoms with Crippen molar-refractivity contribution in [3.8, 4) is 0 Å². The third-order valence-electron chi connectivity index (χ3n) is 2.16. The van der Waals surface area contributed by atoms with Crippen molar-refractivity contribution >= 4 is 10.0 Å². The van der Waals surface area contributed by atoms with Gasteiger partial charge in [-0.05, 0) is 6.92 Å². The van der Waals surface area contributed by atoms with Gasteiger partial charge in [-0.1, -0.05) is 0 Å². The summed E-state index contributed by atoms with van der Waals surface area (Å²) in [4.78, 5) is -0.135. The number of rotatable bonds is 8. The van der Waals surface area contributed by atoms with Gasteiger partial charge in [-0.2, -0.15) is 5.10 Å². The monoisotopic (exact) mass is 299 g/mol. The number of aliphatic hydroxyl groups excluding tert-OH is 1. The molecule has 10 heteroatoms. The number of aliphatic hydroxyl groups is 1. The Bertz CT molecular complexity index is 504. The maximum atomic E-state index is 11.9. The van der Waals surface area contributed by atoms with Gasteiger partial charge in [0.1, 0.15) is 17.2 Å². The molecule has 0 fully saturated rings. The smallest absolute Gasteiger partial charge is 0.261 e. The summed E-state index contributed by atoms with van der Waals surface area (Å²) in [7, 11) is -3.86. The molecule has 0 aliphatic heterocycles. The van der Waals surface area contributed by atoms with Crippen LogP contribution in [-0.2, 0) is 21.4 Å². The fourth-order valence-electron chi connectivity index (χ4n) is 1.43. The summed E-state index contributed by atoms with van der Waals surface area (Å²) >= 11 is 0. The van der Waals surface area contributed by atoms with Crippen LogP contribution in [0.4, 0.5) is 8.78 Å². The van der Waals surface area contributed by atoms with Gasteiger partial charge in [0.15, 0.2) is 0 Å². The highest BCUT2D eigenvalue weighted by atomic mass is 32.2. The van der Waals surface area contributed by atoms with Crippen LogP contribution in [0, 0.1) is 6.92 Å². The van der Waals surface area contributed by atoms with E-state index in [2.05, 4.69) is 19.7 Å². The Hall–Kier alpha value is -1.10. The maximum absolute atomic E-state index is 11.9. The van der Waals surface area contributed by atoms with Gasteiger partial charge in [-0.25, -0.2) is 21.9 Å². The van der Waals surface area contributed by atoms with Gasteiger partial charge in [0.2, 0.25) is 10.0 Å². The van der Waals surface area contributed by atoms with Crippen LogP contribution in [0.3, 0.4) is 0 Å². The number of aryl methyl sites for hydroxylation is 1. The molecule has 0 aliphatic carbocycles. The third kappa shape index (κ3) is 4.49. The van der Waals surface area contributed by atoms with Gasteiger partial charge >= 0.3 is 0 Å². The van der Waals surface area contributed by atoms with Crippen molar-refractivity contribution in [2.75, 3.05) is 19.8 Å². The standard InChI is InChI=1S/C9H15F2N3O4S/c1-6-9(7(4-15)14-13-6)19(16,17)12-2-3-18-5-8(10)11/h8,12,15H,2-5H2,1H3,(H,13,14). The van der Waals surface area contributed by atoms with E-state index in [0.29, 0.717) is 0 Å². The Morgan fingerprint density at radius 1 is 1.53 bits per heavy atom. The van der Waals surface area contributed by atoms with Crippen LogP contribution >= 0.6 is 0 Å². The second-order valence-electron chi connectivity index (χ2n) is 3.65. The molecule has 0 atom stereocenters.